The third kappa shape index (κ3) is 3.65. The molecule has 0 saturated heterocycles. The fraction of sp³-hybridized carbons (Fsp3) is 0.292. The maximum absolute atomic E-state index is 13.6. The number of rotatable bonds is 5. The van der Waals surface area contributed by atoms with Gasteiger partial charge in [0, 0.05) is 29.3 Å². The first-order valence-electron chi connectivity index (χ1n) is 10.6. The summed E-state index contributed by atoms with van der Waals surface area (Å²) < 4.78 is 21.6. The van der Waals surface area contributed by atoms with Crippen LogP contribution in [0.3, 0.4) is 0 Å². The van der Waals surface area contributed by atoms with Crippen molar-refractivity contribution in [3.05, 3.63) is 64.9 Å². The number of benzene rings is 2. The number of Topliss-reactive ketones (excluding diaryl/α,β-unsaturated/α-hetero) is 1. The molecule has 0 saturated carbocycles. The number of hydrogen-bond donors (Lipinski definition) is 2. The average molecular weight is 448 g/mol. The van der Waals surface area contributed by atoms with E-state index in [1.807, 2.05) is 24.3 Å². The van der Waals surface area contributed by atoms with Gasteiger partial charge in [-0.1, -0.05) is 30.3 Å². The summed E-state index contributed by atoms with van der Waals surface area (Å²) in [4.78, 5) is 13.6. The molecule has 1 aromatic heterocycles. The first kappa shape index (κ1) is 20.9. The van der Waals surface area contributed by atoms with Crippen molar-refractivity contribution < 1.29 is 23.6 Å². The van der Waals surface area contributed by atoms with Gasteiger partial charge in [0.2, 0.25) is 11.6 Å². The Morgan fingerprint density at radius 2 is 1.61 bits per heavy atom. The van der Waals surface area contributed by atoms with E-state index in [4.69, 9.17) is 18.8 Å². The molecule has 1 aliphatic heterocycles. The Labute approximate surface area is 190 Å². The van der Waals surface area contributed by atoms with Gasteiger partial charge in [-0.2, -0.15) is 0 Å². The number of anilines is 2. The maximum Gasteiger partial charge on any atom is 0.219 e. The summed E-state index contributed by atoms with van der Waals surface area (Å²) in [6, 6.07) is 13.1. The summed E-state index contributed by atoms with van der Waals surface area (Å²) >= 11 is 0. The van der Waals surface area contributed by atoms with Gasteiger partial charge in [0.05, 0.1) is 27.4 Å². The molecule has 33 heavy (non-hydrogen) atoms. The number of nitrogens with one attached hydrogen (secondary N) is 2. The topological polar surface area (TPSA) is 108 Å². The number of aromatic nitrogens is 2. The van der Waals surface area contributed by atoms with Crippen molar-refractivity contribution in [1.82, 2.24) is 10.3 Å². The molecule has 2 aromatic carbocycles. The zero-order valence-corrected chi connectivity index (χ0v) is 18.5. The molecule has 170 valence electrons. The average Bonchev–Trinajstić information content (AvgIpc) is 3.22. The summed E-state index contributed by atoms with van der Waals surface area (Å²) in [6.07, 6.45) is 1.04. The van der Waals surface area contributed by atoms with Crippen molar-refractivity contribution >= 4 is 17.4 Å². The standard InChI is InChI=1S/C24H24N4O5/c1-30-18-12-20(32-3)19(31-2)11-15(18)22-21-16(25-23-24(26-22)28-33-27-23)9-14(10-17(21)29)13-7-5-4-6-8-13/h4-8,11-12,14,22H,9-10H2,1-3H3,(H,25,27)(H,26,28)/t14-,22+/m0/s1. The molecule has 0 unspecified atom stereocenters. The van der Waals surface area contributed by atoms with E-state index in [1.54, 1.807) is 27.4 Å². The molecule has 2 N–H and O–H groups in total. The molecule has 2 heterocycles. The number of allylic oxidation sites excluding steroid dienone is 1. The summed E-state index contributed by atoms with van der Waals surface area (Å²) in [5.41, 5.74) is 3.23. The third-order valence-electron chi connectivity index (χ3n) is 6.15. The Hall–Kier alpha value is -4.01. The van der Waals surface area contributed by atoms with Crippen LogP contribution in [0, 0.1) is 0 Å². The predicted octanol–water partition coefficient (Wildman–Crippen LogP) is 4.07. The number of carbonyl (C=O) groups is 1. The van der Waals surface area contributed by atoms with Crippen LogP contribution in [-0.2, 0) is 4.79 Å². The number of nitrogens with zero attached hydrogens (tertiary/aromatic N) is 2. The van der Waals surface area contributed by atoms with Crippen LogP contribution < -0.4 is 24.8 Å². The van der Waals surface area contributed by atoms with E-state index in [1.165, 1.54) is 0 Å². The van der Waals surface area contributed by atoms with Crippen molar-refractivity contribution in [3.63, 3.8) is 0 Å². The first-order chi connectivity index (χ1) is 16.1. The summed E-state index contributed by atoms with van der Waals surface area (Å²) in [5, 5.41) is 14.6. The van der Waals surface area contributed by atoms with Crippen LogP contribution in [0.25, 0.3) is 0 Å². The van der Waals surface area contributed by atoms with Gasteiger partial charge in [-0.15, -0.1) is 0 Å². The Morgan fingerprint density at radius 3 is 2.33 bits per heavy atom. The van der Waals surface area contributed by atoms with Crippen LogP contribution in [0.2, 0.25) is 0 Å². The molecular formula is C24H24N4O5. The van der Waals surface area contributed by atoms with E-state index >= 15 is 0 Å². The summed E-state index contributed by atoms with van der Waals surface area (Å²) in [5.74, 6) is 2.55. The van der Waals surface area contributed by atoms with Crippen molar-refractivity contribution in [2.45, 2.75) is 24.8 Å². The lowest BCUT2D eigenvalue weighted by Gasteiger charge is -2.30. The van der Waals surface area contributed by atoms with Crippen molar-refractivity contribution in [3.8, 4) is 17.2 Å². The van der Waals surface area contributed by atoms with Gasteiger partial charge in [-0.05, 0) is 34.3 Å². The van der Waals surface area contributed by atoms with Gasteiger partial charge in [0.15, 0.2) is 17.3 Å². The van der Waals surface area contributed by atoms with E-state index in [0.717, 1.165) is 11.3 Å². The quantitative estimate of drug-likeness (QED) is 0.597. The van der Waals surface area contributed by atoms with E-state index in [2.05, 4.69) is 33.1 Å². The normalized spacial score (nSPS) is 19.5. The second-order valence-electron chi connectivity index (χ2n) is 7.94. The largest absolute Gasteiger partial charge is 0.496 e. The monoisotopic (exact) mass is 448 g/mol. The number of carbonyl (C=O) groups excluding carboxylic acids is 1. The van der Waals surface area contributed by atoms with Gasteiger partial charge < -0.3 is 24.8 Å². The van der Waals surface area contributed by atoms with Crippen molar-refractivity contribution in [2.24, 2.45) is 0 Å². The molecule has 9 heteroatoms. The van der Waals surface area contributed by atoms with Crippen LogP contribution in [0.4, 0.5) is 11.6 Å². The van der Waals surface area contributed by atoms with Crippen LogP contribution in [-0.4, -0.2) is 37.4 Å². The molecule has 2 atom stereocenters. The van der Waals surface area contributed by atoms with Crippen molar-refractivity contribution in [2.75, 3.05) is 32.0 Å². The van der Waals surface area contributed by atoms with Gasteiger partial charge >= 0.3 is 0 Å². The minimum atomic E-state index is -0.556. The zero-order valence-electron chi connectivity index (χ0n) is 18.5. The van der Waals surface area contributed by atoms with Gasteiger partial charge in [0.1, 0.15) is 5.75 Å². The molecule has 3 aromatic rings. The van der Waals surface area contributed by atoms with Gasteiger partial charge in [-0.3, -0.25) is 4.79 Å². The first-order valence-corrected chi connectivity index (χ1v) is 10.6. The molecule has 9 nitrogen and oxygen atoms in total. The number of methoxy groups -OCH3 is 3. The predicted molar refractivity (Wildman–Crippen MR) is 121 cm³/mol. The number of ether oxygens (including phenoxy) is 3. The van der Waals surface area contributed by atoms with Crippen LogP contribution in [0.1, 0.15) is 35.9 Å². The van der Waals surface area contributed by atoms with Crippen molar-refractivity contribution in [1.29, 1.82) is 0 Å². The highest BCUT2D eigenvalue weighted by Gasteiger charge is 2.38. The molecule has 0 radical (unpaired) electrons. The summed E-state index contributed by atoms with van der Waals surface area (Å²) in [6.45, 7) is 0. The SMILES string of the molecule is COc1cc(OC)c([C@H]2Nc3nonc3NC3=C2C(=O)C[C@@H](c2ccccc2)C3)cc1OC. The second kappa shape index (κ2) is 8.50. The lowest BCUT2D eigenvalue weighted by molar-refractivity contribution is -0.116. The van der Waals surface area contributed by atoms with Gasteiger partial charge in [-0.25, -0.2) is 4.63 Å². The molecule has 0 fully saturated rings. The van der Waals surface area contributed by atoms with E-state index < -0.39 is 6.04 Å². The van der Waals surface area contributed by atoms with E-state index in [9.17, 15) is 4.79 Å². The molecule has 1 aliphatic carbocycles. The highest BCUT2D eigenvalue weighted by Crippen LogP contribution is 2.47. The van der Waals surface area contributed by atoms with E-state index in [0.29, 0.717) is 52.9 Å². The Bertz CT molecular complexity index is 1220. The maximum atomic E-state index is 13.6. The van der Waals surface area contributed by atoms with Crippen LogP contribution >= 0.6 is 0 Å². The van der Waals surface area contributed by atoms with Crippen LogP contribution in [0.5, 0.6) is 17.2 Å². The zero-order chi connectivity index (χ0) is 22.9. The highest BCUT2D eigenvalue weighted by molar-refractivity contribution is 6.01. The smallest absolute Gasteiger partial charge is 0.219 e. The summed E-state index contributed by atoms with van der Waals surface area (Å²) in [7, 11) is 4.70. The molecule has 0 amide bonds. The molecular weight excluding hydrogens is 424 g/mol. The Morgan fingerprint density at radius 1 is 0.909 bits per heavy atom. The number of hydrogen-bond acceptors (Lipinski definition) is 9. The van der Waals surface area contributed by atoms with Gasteiger partial charge in [0.25, 0.3) is 0 Å². The number of fused-ring (bicyclic) bond motifs is 1. The minimum absolute atomic E-state index is 0.0361. The Balaban J connectivity index is 1.65. The molecule has 5 rings (SSSR count). The van der Waals surface area contributed by atoms with E-state index in [-0.39, 0.29) is 11.7 Å². The Kier molecular flexibility index (Phi) is 5.37. The lowest BCUT2D eigenvalue weighted by atomic mass is 9.78. The minimum Gasteiger partial charge on any atom is -0.496 e. The molecule has 0 spiro atoms. The lowest BCUT2D eigenvalue weighted by Crippen LogP contribution is -2.27. The molecule has 0 bridgehead atoms. The highest BCUT2D eigenvalue weighted by atomic mass is 16.6. The van der Waals surface area contributed by atoms with Crippen LogP contribution in [0.15, 0.2) is 58.4 Å². The number of ketones is 1. The fourth-order valence-electron chi connectivity index (χ4n) is 4.57. The third-order valence-corrected chi connectivity index (χ3v) is 6.15. The second-order valence-corrected chi connectivity index (χ2v) is 7.94. The fourth-order valence-corrected chi connectivity index (χ4v) is 4.57. The molecule has 2 aliphatic rings.